The highest BCUT2D eigenvalue weighted by molar-refractivity contribution is 6.30. The molecular formula is C26H30ClN3O. The predicted molar refractivity (Wildman–Crippen MR) is 128 cm³/mol. The third-order valence-corrected chi connectivity index (χ3v) is 6.11. The molecule has 2 atom stereocenters. The number of fused-ring (bicyclic) bond motifs is 1. The van der Waals surface area contributed by atoms with E-state index in [2.05, 4.69) is 64.1 Å². The number of likely N-dealkylation sites (tertiary alicyclic amines) is 1. The molecule has 0 unspecified atom stereocenters. The Balaban J connectivity index is 1.47. The number of carbonyl (C=O) groups is 1. The number of hydrogen-bond donors (Lipinski definition) is 2. The van der Waals surface area contributed by atoms with E-state index in [0.717, 1.165) is 30.1 Å². The van der Waals surface area contributed by atoms with Crippen molar-refractivity contribution in [1.82, 2.24) is 15.5 Å². The fourth-order valence-corrected chi connectivity index (χ4v) is 4.66. The molecule has 0 bridgehead atoms. The van der Waals surface area contributed by atoms with Crippen molar-refractivity contribution in [3.05, 3.63) is 82.9 Å². The molecule has 162 valence electrons. The molecule has 2 N–H and O–H groups in total. The molecule has 0 aromatic heterocycles. The van der Waals surface area contributed by atoms with Crippen molar-refractivity contribution in [2.24, 2.45) is 0 Å². The second-order valence-electron chi connectivity index (χ2n) is 8.69. The molecule has 1 aliphatic rings. The van der Waals surface area contributed by atoms with E-state index in [1.165, 1.54) is 16.3 Å². The molecular weight excluding hydrogens is 406 g/mol. The quantitative estimate of drug-likeness (QED) is 0.562. The molecule has 31 heavy (non-hydrogen) atoms. The van der Waals surface area contributed by atoms with Crippen molar-refractivity contribution in [3.8, 4) is 0 Å². The van der Waals surface area contributed by atoms with Crippen LogP contribution in [0.4, 0.5) is 0 Å². The van der Waals surface area contributed by atoms with Gasteiger partial charge >= 0.3 is 0 Å². The van der Waals surface area contributed by atoms with E-state index in [-0.39, 0.29) is 24.0 Å². The van der Waals surface area contributed by atoms with Gasteiger partial charge in [0.15, 0.2) is 0 Å². The summed E-state index contributed by atoms with van der Waals surface area (Å²) in [4.78, 5) is 15.2. The summed E-state index contributed by atoms with van der Waals surface area (Å²) in [5.74, 6) is 0.103. The Morgan fingerprint density at radius 2 is 1.87 bits per heavy atom. The topological polar surface area (TPSA) is 44.4 Å². The molecule has 0 spiro atoms. The van der Waals surface area contributed by atoms with Crippen LogP contribution < -0.4 is 10.6 Å². The van der Waals surface area contributed by atoms with Crippen LogP contribution in [0.15, 0.2) is 66.7 Å². The molecule has 4 nitrogen and oxygen atoms in total. The summed E-state index contributed by atoms with van der Waals surface area (Å²) in [5, 5.41) is 10.1. The average molecular weight is 436 g/mol. The first kappa shape index (κ1) is 21.8. The molecule has 0 radical (unpaired) electrons. The molecule has 1 heterocycles. The zero-order chi connectivity index (χ0) is 21.8. The van der Waals surface area contributed by atoms with E-state index in [1.54, 1.807) is 0 Å². The zero-order valence-electron chi connectivity index (χ0n) is 18.1. The normalized spacial score (nSPS) is 19.2. The molecule has 5 heteroatoms. The number of carbonyl (C=O) groups excluding carboxylic acids is 1. The Bertz CT molecular complexity index is 1050. The van der Waals surface area contributed by atoms with Crippen molar-refractivity contribution in [2.75, 3.05) is 6.54 Å². The Labute approximate surface area is 189 Å². The summed E-state index contributed by atoms with van der Waals surface area (Å²) < 4.78 is 0. The second-order valence-corrected chi connectivity index (χ2v) is 9.13. The van der Waals surface area contributed by atoms with Gasteiger partial charge in [0.05, 0.1) is 6.04 Å². The Hall–Kier alpha value is -2.40. The van der Waals surface area contributed by atoms with Crippen LogP contribution in [0.25, 0.3) is 10.8 Å². The zero-order valence-corrected chi connectivity index (χ0v) is 18.9. The monoisotopic (exact) mass is 435 g/mol. The number of hydrogen-bond acceptors (Lipinski definition) is 3. The lowest BCUT2D eigenvalue weighted by molar-refractivity contribution is -0.126. The smallest absolute Gasteiger partial charge is 0.237 e. The van der Waals surface area contributed by atoms with Gasteiger partial charge in [-0.2, -0.15) is 0 Å². The van der Waals surface area contributed by atoms with E-state index in [0.29, 0.717) is 6.54 Å². The van der Waals surface area contributed by atoms with Crippen molar-refractivity contribution >= 4 is 28.3 Å². The van der Waals surface area contributed by atoms with Gasteiger partial charge in [0.1, 0.15) is 0 Å². The summed E-state index contributed by atoms with van der Waals surface area (Å²) in [6.45, 7) is 6.33. The van der Waals surface area contributed by atoms with Crippen LogP contribution in [0.3, 0.4) is 0 Å². The fourth-order valence-electron chi connectivity index (χ4n) is 4.45. The molecule has 1 saturated heterocycles. The third kappa shape index (κ3) is 5.45. The Kier molecular flexibility index (Phi) is 6.91. The standard InChI is InChI=1S/C26H30ClN3O/c1-18(2)29-26(31)25-14-23(17-30(25)16-19-7-5-11-22(27)13-19)28-15-21-10-6-9-20-8-3-4-12-24(20)21/h3-13,18,23,25,28H,14-17H2,1-2H3,(H,29,31)/t23-,25+/m1/s1. The summed E-state index contributed by atoms with van der Waals surface area (Å²) in [7, 11) is 0. The third-order valence-electron chi connectivity index (χ3n) is 5.87. The summed E-state index contributed by atoms with van der Waals surface area (Å²) >= 11 is 6.18. The van der Waals surface area contributed by atoms with Gasteiger partial charge in [0.2, 0.25) is 5.91 Å². The van der Waals surface area contributed by atoms with Crippen LogP contribution in [-0.2, 0) is 17.9 Å². The highest BCUT2D eigenvalue weighted by atomic mass is 35.5. The molecule has 0 saturated carbocycles. The van der Waals surface area contributed by atoms with Crippen LogP contribution >= 0.6 is 11.6 Å². The van der Waals surface area contributed by atoms with Gasteiger partial charge in [0, 0.05) is 36.7 Å². The number of nitrogens with one attached hydrogen (secondary N) is 2. The van der Waals surface area contributed by atoms with E-state index in [1.807, 2.05) is 32.0 Å². The lowest BCUT2D eigenvalue weighted by Gasteiger charge is -2.24. The molecule has 1 fully saturated rings. The minimum Gasteiger partial charge on any atom is -0.353 e. The van der Waals surface area contributed by atoms with Gasteiger partial charge in [-0.05, 0) is 54.3 Å². The van der Waals surface area contributed by atoms with Gasteiger partial charge in [-0.25, -0.2) is 0 Å². The first-order valence-electron chi connectivity index (χ1n) is 11.0. The maximum absolute atomic E-state index is 12.9. The number of rotatable bonds is 7. The van der Waals surface area contributed by atoms with Crippen LogP contribution in [0.2, 0.25) is 5.02 Å². The lowest BCUT2D eigenvalue weighted by Crippen LogP contribution is -2.45. The minimum atomic E-state index is -0.147. The highest BCUT2D eigenvalue weighted by Gasteiger charge is 2.36. The van der Waals surface area contributed by atoms with Gasteiger partial charge in [0.25, 0.3) is 0 Å². The van der Waals surface area contributed by atoms with E-state index < -0.39 is 0 Å². The van der Waals surface area contributed by atoms with Crippen molar-refractivity contribution in [3.63, 3.8) is 0 Å². The van der Waals surface area contributed by atoms with Crippen LogP contribution in [0.5, 0.6) is 0 Å². The van der Waals surface area contributed by atoms with Gasteiger partial charge in [-0.3, -0.25) is 9.69 Å². The summed E-state index contributed by atoms with van der Waals surface area (Å²) in [6.07, 6.45) is 0.796. The number of amides is 1. The van der Waals surface area contributed by atoms with Crippen molar-refractivity contribution in [2.45, 2.75) is 51.5 Å². The van der Waals surface area contributed by atoms with Crippen molar-refractivity contribution < 1.29 is 4.79 Å². The maximum Gasteiger partial charge on any atom is 0.237 e. The average Bonchev–Trinajstić information content (AvgIpc) is 3.14. The molecule has 1 aliphatic heterocycles. The molecule has 3 aromatic carbocycles. The number of halogens is 1. The second kappa shape index (κ2) is 9.82. The van der Waals surface area contributed by atoms with Gasteiger partial charge < -0.3 is 10.6 Å². The maximum atomic E-state index is 12.9. The molecule has 3 aromatic rings. The number of benzene rings is 3. The number of nitrogens with zero attached hydrogens (tertiary/aromatic N) is 1. The Morgan fingerprint density at radius 1 is 1.10 bits per heavy atom. The van der Waals surface area contributed by atoms with Crippen LogP contribution in [0.1, 0.15) is 31.4 Å². The molecule has 1 amide bonds. The van der Waals surface area contributed by atoms with E-state index in [9.17, 15) is 4.79 Å². The van der Waals surface area contributed by atoms with Gasteiger partial charge in [-0.1, -0.05) is 66.2 Å². The minimum absolute atomic E-state index is 0.103. The van der Waals surface area contributed by atoms with Crippen molar-refractivity contribution in [1.29, 1.82) is 0 Å². The summed E-state index contributed by atoms with van der Waals surface area (Å²) in [5.41, 5.74) is 2.42. The lowest BCUT2D eigenvalue weighted by atomic mass is 10.0. The fraction of sp³-hybridized carbons (Fsp3) is 0.346. The highest BCUT2D eigenvalue weighted by Crippen LogP contribution is 2.24. The summed E-state index contributed by atoms with van der Waals surface area (Å²) in [6, 6.07) is 23.0. The van der Waals surface area contributed by atoms with E-state index >= 15 is 0 Å². The first-order chi connectivity index (χ1) is 15.0. The van der Waals surface area contributed by atoms with Crippen LogP contribution in [-0.4, -0.2) is 35.5 Å². The Morgan fingerprint density at radius 3 is 2.68 bits per heavy atom. The molecule has 0 aliphatic carbocycles. The predicted octanol–water partition coefficient (Wildman–Crippen LogP) is 4.75. The molecule has 4 rings (SSSR count). The van der Waals surface area contributed by atoms with Gasteiger partial charge in [-0.15, -0.1) is 0 Å². The van der Waals surface area contributed by atoms with Crippen LogP contribution in [0, 0.1) is 0 Å². The SMILES string of the molecule is CC(C)NC(=O)[C@@H]1C[C@@H](NCc2cccc3ccccc23)CN1Cc1cccc(Cl)c1. The van der Waals surface area contributed by atoms with E-state index in [4.69, 9.17) is 11.6 Å². The first-order valence-corrected chi connectivity index (χ1v) is 11.4. The largest absolute Gasteiger partial charge is 0.353 e.